The molecule has 0 heterocycles. The van der Waals surface area contributed by atoms with Gasteiger partial charge in [0, 0.05) is 14.2 Å². The average molecular weight is 258 g/mol. The maximum Gasteiger partial charge on any atom is 0.115 e. The van der Waals surface area contributed by atoms with E-state index >= 15 is 0 Å². The van der Waals surface area contributed by atoms with Gasteiger partial charge in [0.05, 0.1) is 0 Å². The summed E-state index contributed by atoms with van der Waals surface area (Å²) in [4.78, 5) is 0. The van der Waals surface area contributed by atoms with Crippen LogP contribution in [0, 0.1) is 0 Å². The lowest BCUT2D eigenvalue weighted by atomic mass is 10.0. The number of phenolic OH excluding ortho intramolecular Hbond substituents is 2. The fraction of sp³-hybridized carbons (Fsp3) is 0.571. The van der Waals surface area contributed by atoms with E-state index in [2.05, 4.69) is 0 Å². The van der Waals surface area contributed by atoms with Gasteiger partial charge in [-0.1, -0.05) is 38.5 Å². The first-order chi connectivity index (χ1) is 8.79. The number of phenols is 2. The Labute approximate surface area is 110 Å². The van der Waals surface area contributed by atoms with Crippen LogP contribution in [0.4, 0.5) is 0 Å². The SMILES string of the molecule is C1CCCCC1.CO.CO.Oc1ccc(O)cc1. The molecule has 1 saturated carbocycles. The van der Waals surface area contributed by atoms with Gasteiger partial charge in [-0.2, -0.15) is 0 Å². The molecule has 0 amide bonds. The van der Waals surface area contributed by atoms with Crippen LogP contribution in [-0.2, 0) is 0 Å². The van der Waals surface area contributed by atoms with Gasteiger partial charge in [-0.05, 0) is 24.3 Å². The molecule has 2 rings (SSSR count). The third-order valence-corrected chi connectivity index (χ3v) is 2.35. The molecule has 4 heteroatoms. The second-order valence-corrected chi connectivity index (χ2v) is 3.64. The summed E-state index contributed by atoms with van der Waals surface area (Å²) in [5.74, 6) is 0.339. The number of rotatable bonds is 0. The number of hydrogen-bond acceptors (Lipinski definition) is 4. The molecule has 1 aliphatic rings. The van der Waals surface area contributed by atoms with Crippen LogP contribution in [0.15, 0.2) is 24.3 Å². The highest BCUT2D eigenvalue weighted by Crippen LogP contribution is 2.15. The highest BCUT2D eigenvalue weighted by Gasteiger charge is 1.95. The van der Waals surface area contributed by atoms with Gasteiger partial charge in [-0.15, -0.1) is 0 Å². The molecule has 0 saturated heterocycles. The van der Waals surface area contributed by atoms with Gasteiger partial charge < -0.3 is 20.4 Å². The van der Waals surface area contributed by atoms with Gasteiger partial charge in [0.15, 0.2) is 0 Å². The van der Waals surface area contributed by atoms with Crippen LogP contribution in [0.1, 0.15) is 38.5 Å². The number of aromatic hydroxyl groups is 2. The fourth-order valence-corrected chi connectivity index (χ4v) is 1.51. The van der Waals surface area contributed by atoms with Gasteiger partial charge >= 0.3 is 0 Å². The Kier molecular flexibility index (Phi) is 16.7. The summed E-state index contributed by atoms with van der Waals surface area (Å²) >= 11 is 0. The molecule has 1 aromatic carbocycles. The lowest BCUT2D eigenvalue weighted by Gasteiger charge is -2.05. The Morgan fingerprint density at radius 2 is 0.722 bits per heavy atom. The molecule has 1 aromatic rings. The predicted molar refractivity (Wildman–Crippen MR) is 73.8 cm³/mol. The maximum absolute atomic E-state index is 8.65. The van der Waals surface area contributed by atoms with Crippen LogP contribution in [0.2, 0.25) is 0 Å². The van der Waals surface area contributed by atoms with Gasteiger partial charge in [-0.3, -0.25) is 0 Å². The van der Waals surface area contributed by atoms with E-state index in [0.717, 1.165) is 14.2 Å². The van der Waals surface area contributed by atoms with Gasteiger partial charge in [-0.25, -0.2) is 0 Å². The van der Waals surface area contributed by atoms with E-state index in [1.807, 2.05) is 0 Å². The lowest BCUT2D eigenvalue weighted by molar-refractivity contribution is 0.399. The van der Waals surface area contributed by atoms with Gasteiger partial charge in [0.25, 0.3) is 0 Å². The zero-order valence-electron chi connectivity index (χ0n) is 11.3. The number of aliphatic hydroxyl groups is 2. The van der Waals surface area contributed by atoms with E-state index in [0.29, 0.717) is 0 Å². The topological polar surface area (TPSA) is 80.9 Å². The van der Waals surface area contributed by atoms with Crippen LogP contribution in [0.25, 0.3) is 0 Å². The lowest BCUT2D eigenvalue weighted by Crippen LogP contribution is -1.85. The number of benzene rings is 1. The summed E-state index contributed by atoms with van der Waals surface area (Å²) in [6, 6.07) is 5.70. The van der Waals surface area contributed by atoms with Crippen molar-refractivity contribution in [3.8, 4) is 11.5 Å². The Morgan fingerprint density at radius 1 is 0.556 bits per heavy atom. The van der Waals surface area contributed by atoms with E-state index in [9.17, 15) is 0 Å². The van der Waals surface area contributed by atoms with Crippen molar-refractivity contribution >= 4 is 0 Å². The predicted octanol–water partition coefficient (Wildman–Crippen LogP) is 2.66. The molecule has 0 unspecified atom stereocenters. The fourth-order valence-electron chi connectivity index (χ4n) is 1.51. The largest absolute Gasteiger partial charge is 0.508 e. The first kappa shape index (κ1) is 19.1. The van der Waals surface area contributed by atoms with E-state index in [4.69, 9.17) is 20.4 Å². The van der Waals surface area contributed by atoms with Crippen LogP contribution in [0.5, 0.6) is 11.5 Å². The molecule has 18 heavy (non-hydrogen) atoms. The van der Waals surface area contributed by atoms with Crippen LogP contribution in [-0.4, -0.2) is 34.6 Å². The molecule has 1 fully saturated rings. The van der Waals surface area contributed by atoms with Crippen molar-refractivity contribution < 1.29 is 20.4 Å². The molecule has 0 bridgehead atoms. The highest BCUT2D eigenvalue weighted by atomic mass is 16.3. The average Bonchev–Trinajstić information content (AvgIpc) is 2.49. The molecular weight excluding hydrogens is 232 g/mol. The quantitative estimate of drug-likeness (QED) is 0.539. The number of hydrogen-bond donors (Lipinski definition) is 4. The molecule has 0 spiro atoms. The smallest absolute Gasteiger partial charge is 0.115 e. The van der Waals surface area contributed by atoms with E-state index in [1.165, 1.54) is 62.8 Å². The monoisotopic (exact) mass is 258 g/mol. The van der Waals surface area contributed by atoms with Crippen molar-refractivity contribution in [2.24, 2.45) is 0 Å². The standard InChI is InChI=1S/C6H6O2.C6H12.2CH4O/c7-5-1-2-6(8)4-3-5;1-2-4-6-5-3-1;2*1-2/h1-4,7-8H;1-6H2;2*2H,1H3. The van der Waals surface area contributed by atoms with Crippen LogP contribution in [0.3, 0.4) is 0 Å². The van der Waals surface area contributed by atoms with Crippen LogP contribution >= 0.6 is 0 Å². The second-order valence-electron chi connectivity index (χ2n) is 3.64. The minimum absolute atomic E-state index is 0.169. The van der Waals surface area contributed by atoms with Gasteiger partial charge in [0.1, 0.15) is 11.5 Å². The molecule has 0 radical (unpaired) electrons. The maximum atomic E-state index is 8.65. The first-order valence-corrected chi connectivity index (χ1v) is 6.16. The molecule has 0 aromatic heterocycles. The summed E-state index contributed by atoms with van der Waals surface area (Å²) in [7, 11) is 2.00. The van der Waals surface area contributed by atoms with Crippen molar-refractivity contribution in [1.29, 1.82) is 0 Å². The summed E-state index contributed by atoms with van der Waals surface area (Å²) in [5, 5.41) is 31.3. The molecule has 0 atom stereocenters. The third kappa shape index (κ3) is 12.8. The Bertz CT molecular complexity index is 210. The minimum atomic E-state index is 0.169. The zero-order valence-corrected chi connectivity index (χ0v) is 11.3. The molecule has 106 valence electrons. The molecule has 1 aliphatic carbocycles. The van der Waals surface area contributed by atoms with E-state index < -0.39 is 0 Å². The molecular formula is C14H26O4. The minimum Gasteiger partial charge on any atom is -0.508 e. The second kappa shape index (κ2) is 15.7. The molecule has 0 aliphatic heterocycles. The van der Waals surface area contributed by atoms with Crippen LogP contribution < -0.4 is 0 Å². The third-order valence-electron chi connectivity index (χ3n) is 2.35. The Hall–Kier alpha value is -1.26. The van der Waals surface area contributed by atoms with Crippen molar-refractivity contribution in [3.63, 3.8) is 0 Å². The molecule has 4 nitrogen and oxygen atoms in total. The molecule has 4 N–H and O–H groups in total. The Morgan fingerprint density at radius 3 is 0.889 bits per heavy atom. The van der Waals surface area contributed by atoms with Crippen molar-refractivity contribution in [2.45, 2.75) is 38.5 Å². The summed E-state index contributed by atoms with van der Waals surface area (Å²) in [6.07, 6.45) is 9.00. The zero-order chi connectivity index (χ0) is 14.2. The van der Waals surface area contributed by atoms with Crippen molar-refractivity contribution in [1.82, 2.24) is 0 Å². The Balaban J connectivity index is 0. The van der Waals surface area contributed by atoms with Gasteiger partial charge in [0.2, 0.25) is 0 Å². The van der Waals surface area contributed by atoms with E-state index in [1.54, 1.807) is 0 Å². The summed E-state index contributed by atoms with van der Waals surface area (Å²) < 4.78 is 0. The van der Waals surface area contributed by atoms with Crippen molar-refractivity contribution in [2.75, 3.05) is 14.2 Å². The van der Waals surface area contributed by atoms with Crippen molar-refractivity contribution in [3.05, 3.63) is 24.3 Å². The van der Waals surface area contributed by atoms with E-state index in [-0.39, 0.29) is 11.5 Å². The highest BCUT2D eigenvalue weighted by molar-refractivity contribution is 5.28. The summed E-state index contributed by atoms with van der Waals surface area (Å²) in [6.45, 7) is 0. The summed E-state index contributed by atoms with van der Waals surface area (Å²) in [5.41, 5.74) is 0. The normalized spacial score (nSPS) is 12.7. The first-order valence-electron chi connectivity index (χ1n) is 6.16. The number of aliphatic hydroxyl groups excluding tert-OH is 2.